The van der Waals surface area contributed by atoms with Crippen molar-refractivity contribution in [3.8, 4) is 0 Å². The number of hydrogen-bond acceptors (Lipinski definition) is 1. The summed E-state index contributed by atoms with van der Waals surface area (Å²) in [5, 5.41) is 3.68. The molecular weight excluding hydrogens is 249 g/mol. The van der Waals surface area contributed by atoms with E-state index in [1.165, 1.54) is 17.2 Å². The Morgan fingerprint density at radius 1 is 1.17 bits per heavy atom. The molecule has 2 aromatic rings. The summed E-state index contributed by atoms with van der Waals surface area (Å²) in [6.45, 7) is 0.869. The molecule has 2 aromatic carbocycles. The molecule has 0 spiro atoms. The zero-order valence-corrected chi connectivity index (χ0v) is 10.5. The summed E-state index contributed by atoms with van der Waals surface area (Å²) in [6, 6.07) is 13.5. The van der Waals surface area contributed by atoms with Gasteiger partial charge in [-0.25, -0.2) is 4.39 Å². The average Bonchev–Trinajstić information content (AvgIpc) is 2.79. The third kappa shape index (κ3) is 2.02. The average molecular weight is 262 g/mol. The van der Waals surface area contributed by atoms with Gasteiger partial charge in [-0.2, -0.15) is 0 Å². The Labute approximate surface area is 111 Å². The van der Waals surface area contributed by atoms with Crippen LogP contribution in [-0.2, 0) is 13.0 Å². The van der Waals surface area contributed by atoms with Crippen molar-refractivity contribution in [1.82, 2.24) is 5.32 Å². The van der Waals surface area contributed by atoms with Gasteiger partial charge in [0.1, 0.15) is 5.82 Å². The normalized spacial score (nSPS) is 17.8. The summed E-state index contributed by atoms with van der Waals surface area (Å²) < 4.78 is 13.4. The Bertz CT molecular complexity index is 582. The second-order valence-corrected chi connectivity index (χ2v) is 4.93. The lowest BCUT2D eigenvalue weighted by Gasteiger charge is -2.13. The van der Waals surface area contributed by atoms with Crippen LogP contribution in [-0.4, -0.2) is 0 Å². The Morgan fingerprint density at radius 2 is 2.00 bits per heavy atom. The van der Waals surface area contributed by atoms with Gasteiger partial charge in [-0.3, -0.25) is 0 Å². The van der Waals surface area contributed by atoms with Crippen LogP contribution in [0.15, 0.2) is 42.5 Å². The van der Waals surface area contributed by atoms with E-state index in [9.17, 15) is 4.39 Å². The van der Waals surface area contributed by atoms with Crippen molar-refractivity contribution in [3.63, 3.8) is 0 Å². The topological polar surface area (TPSA) is 12.0 Å². The molecule has 1 nitrogen and oxygen atoms in total. The highest BCUT2D eigenvalue weighted by Gasteiger charge is 2.22. The molecule has 1 N–H and O–H groups in total. The monoisotopic (exact) mass is 261 g/mol. The highest BCUT2D eigenvalue weighted by atomic mass is 35.5. The van der Waals surface area contributed by atoms with Crippen molar-refractivity contribution in [2.24, 2.45) is 0 Å². The van der Waals surface area contributed by atoms with Crippen LogP contribution >= 0.6 is 11.6 Å². The lowest BCUT2D eigenvalue weighted by atomic mass is 9.99. The summed E-state index contributed by atoms with van der Waals surface area (Å²) in [7, 11) is 0. The Balaban J connectivity index is 1.89. The van der Waals surface area contributed by atoms with E-state index in [2.05, 4.69) is 17.4 Å². The molecule has 18 heavy (non-hydrogen) atoms. The van der Waals surface area contributed by atoms with Crippen LogP contribution in [0, 0.1) is 5.82 Å². The minimum absolute atomic E-state index is 0.223. The summed E-state index contributed by atoms with van der Waals surface area (Å²) in [5.41, 5.74) is 3.46. The smallest absolute Gasteiger partial charge is 0.142 e. The van der Waals surface area contributed by atoms with Gasteiger partial charge in [-0.05, 0) is 29.2 Å². The van der Waals surface area contributed by atoms with Crippen LogP contribution in [0.25, 0.3) is 0 Å². The SMILES string of the molecule is Fc1cccc(CC2NCc3ccccc32)c1Cl. The lowest BCUT2D eigenvalue weighted by molar-refractivity contribution is 0.575. The van der Waals surface area contributed by atoms with Crippen molar-refractivity contribution in [1.29, 1.82) is 0 Å². The number of benzene rings is 2. The standard InChI is InChI=1S/C15H13ClFN/c16-15-10(5-3-7-13(15)17)8-14-12-6-2-1-4-11(12)9-18-14/h1-7,14,18H,8-9H2. The molecule has 3 rings (SSSR count). The fourth-order valence-corrected chi connectivity index (χ4v) is 2.69. The van der Waals surface area contributed by atoms with Crippen molar-refractivity contribution in [2.75, 3.05) is 0 Å². The van der Waals surface area contributed by atoms with Gasteiger partial charge in [0.15, 0.2) is 0 Å². The zero-order valence-electron chi connectivity index (χ0n) is 9.79. The van der Waals surface area contributed by atoms with Crippen LogP contribution in [0.3, 0.4) is 0 Å². The molecule has 0 aliphatic carbocycles. The van der Waals surface area contributed by atoms with Gasteiger partial charge in [0.05, 0.1) is 5.02 Å². The molecule has 1 unspecified atom stereocenters. The van der Waals surface area contributed by atoms with Crippen LogP contribution in [0.1, 0.15) is 22.7 Å². The first-order chi connectivity index (χ1) is 8.75. The minimum Gasteiger partial charge on any atom is -0.306 e. The molecule has 0 amide bonds. The first-order valence-electron chi connectivity index (χ1n) is 6.00. The Kier molecular flexibility index (Phi) is 3.06. The largest absolute Gasteiger partial charge is 0.306 e. The van der Waals surface area contributed by atoms with Crippen molar-refractivity contribution in [2.45, 2.75) is 19.0 Å². The quantitative estimate of drug-likeness (QED) is 0.865. The van der Waals surface area contributed by atoms with E-state index in [0.717, 1.165) is 12.1 Å². The van der Waals surface area contributed by atoms with Gasteiger partial charge in [-0.15, -0.1) is 0 Å². The fourth-order valence-electron chi connectivity index (χ4n) is 2.49. The second kappa shape index (κ2) is 4.71. The van der Waals surface area contributed by atoms with Crippen LogP contribution < -0.4 is 5.32 Å². The van der Waals surface area contributed by atoms with E-state index >= 15 is 0 Å². The van der Waals surface area contributed by atoms with Gasteiger partial charge >= 0.3 is 0 Å². The van der Waals surface area contributed by atoms with E-state index in [-0.39, 0.29) is 16.9 Å². The molecule has 0 bridgehead atoms. The fraction of sp³-hybridized carbons (Fsp3) is 0.200. The van der Waals surface area contributed by atoms with Crippen molar-refractivity contribution in [3.05, 3.63) is 70.0 Å². The minimum atomic E-state index is -0.347. The molecule has 1 atom stereocenters. The number of rotatable bonds is 2. The molecule has 1 aliphatic rings. The number of hydrogen-bond donors (Lipinski definition) is 1. The van der Waals surface area contributed by atoms with E-state index in [0.29, 0.717) is 6.42 Å². The summed E-state index contributed by atoms with van der Waals surface area (Å²) >= 11 is 6.00. The van der Waals surface area contributed by atoms with E-state index < -0.39 is 0 Å². The highest BCUT2D eigenvalue weighted by molar-refractivity contribution is 6.31. The third-order valence-electron chi connectivity index (χ3n) is 3.43. The number of nitrogens with one attached hydrogen (secondary N) is 1. The second-order valence-electron chi connectivity index (χ2n) is 4.55. The Hall–Kier alpha value is -1.38. The summed E-state index contributed by atoms with van der Waals surface area (Å²) in [6.07, 6.45) is 0.716. The molecular formula is C15H13ClFN. The molecule has 0 saturated carbocycles. The molecule has 1 aliphatic heterocycles. The number of halogens is 2. The highest BCUT2D eigenvalue weighted by Crippen LogP contribution is 2.30. The van der Waals surface area contributed by atoms with E-state index in [1.54, 1.807) is 6.07 Å². The first-order valence-corrected chi connectivity index (χ1v) is 6.37. The van der Waals surface area contributed by atoms with Crippen LogP contribution in [0.2, 0.25) is 5.02 Å². The predicted molar refractivity (Wildman–Crippen MR) is 71.1 cm³/mol. The predicted octanol–water partition coefficient (Wildman–Crippen LogP) is 3.87. The van der Waals surface area contributed by atoms with Gasteiger partial charge < -0.3 is 5.32 Å². The molecule has 0 fully saturated rings. The molecule has 0 saturated heterocycles. The van der Waals surface area contributed by atoms with Crippen LogP contribution in [0.4, 0.5) is 4.39 Å². The van der Waals surface area contributed by atoms with E-state index in [4.69, 9.17) is 11.6 Å². The maximum Gasteiger partial charge on any atom is 0.142 e. The summed E-state index contributed by atoms with van der Waals surface area (Å²) in [5.74, 6) is -0.347. The third-order valence-corrected chi connectivity index (χ3v) is 3.85. The Morgan fingerprint density at radius 3 is 2.89 bits per heavy atom. The van der Waals surface area contributed by atoms with Crippen molar-refractivity contribution < 1.29 is 4.39 Å². The van der Waals surface area contributed by atoms with Gasteiger partial charge in [0.25, 0.3) is 0 Å². The van der Waals surface area contributed by atoms with E-state index in [1.807, 2.05) is 18.2 Å². The molecule has 0 radical (unpaired) electrons. The summed E-state index contributed by atoms with van der Waals surface area (Å²) in [4.78, 5) is 0. The van der Waals surface area contributed by atoms with Crippen LogP contribution in [0.5, 0.6) is 0 Å². The molecule has 0 aromatic heterocycles. The molecule has 92 valence electrons. The van der Waals surface area contributed by atoms with Crippen molar-refractivity contribution >= 4 is 11.6 Å². The lowest BCUT2D eigenvalue weighted by Crippen LogP contribution is -2.15. The maximum absolute atomic E-state index is 13.4. The van der Waals surface area contributed by atoms with Gasteiger partial charge in [0, 0.05) is 12.6 Å². The number of fused-ring (bicyclic) bond motifs is 1. The zero-order chi connectivity index (χ0) is 12.5. The maximum atomic E-state index is 13.4. The molecule has 3 heteroatoms. The van der Waals surface area contributed by atoms with Gasteiger partial charge in [-0.1, -0.05) is 48.0 Å². The van der Waals surface area contributed by atoms with Gasteiger partial charge in [0.2, 0.25) is 0 Å². The molecule has 1 heterocycles. The first kappa shape index (κ1) is 11.7.